The van der Waals surface area contributed by atoms with Crippen LogP contribution in [0.15, 0.2) is 30.3 Å². The van der Waals surface area contributed by atoms with Gasteiger partial charge >= 0.3 is 0 Å². The van der Waals surface area contributed by atoms with Crippen molar-refractivity contribution in [1.82, 2.24) is 18.6 Å². The Morgan fingerprint density at radius 3 is 2.85 bits per heavy atom. The summed E-state index contributed by atoms with van der Waals surface area (Å²) in [5, 5.41) is 0. The van der Waals surface area contributed by atoms with Crippen molar-refractivity contribution in [3.63, 3.8) is 0 Å². The molecule has 8 heteroatoms. The van der Waals surface area contributed by atoms with Crippen LogP contribution in [0.3, 0.4) is 0 Å². The van der Waals surface area contributed by atoms with Crippen LogP contribution in [0.25, 0.3) is 11.4 Å². The first kappa shape index (κ1) is 17.7. The van der Waals surface area contributed by atoms with Crippen LogP contribution in [0.4, 0.5) is 0 Å². The highest BCUT2D eigenvalue weighted by Gasteiger charge is 2.39. The summed E-state index contributed by atoms with van der Waals surface area (Å²) in [5.41, 5.74) is 2.86. The van der Waals surface area contributed by atoms with E-state index in [0.29, 0.717) is 32.7 Å². The Labute approximate surface area is 154 Å². The van der Waals surface area contributed by atoms with Crippen LogP contribution in [0.5, 0.6) is 0 Å². The van der Waals surface area contributed by atoms with Crippen LogP contribution < -0.4 is 0 Å². The number of hydrogen-bond donors (Lipinski definition) is 1. The van der Waals surface area contributed by atoms with Gasteiger partial charge in [-0.25, -0.2) is 4.98 Å². The summed E-state index contributed by atoms with van der Waals surface area (Å²) in [6.45, 7) is 1.82. The third kappa shape index (κ3) is 3.18. The zero-order valence-corrected chi connectivity index (χ0v) is 15.7. The van der Waals surface area contributed by atoms with Gasteiger partial charge in [0.2, 0.25) is 0 Å². The summed E-state index contributed by atoms with van der Waals surface area (Å²) >= 11 is 0. The first-order valence-electron chi connectivity index (χ1n) is 8.98. The molecule has 1 saturated heterocycles. The van der Waals surface area contributed by atoms with E-state index in [1.807, 2.05) is 30.3 Å². The molecule has 0 bridgehead atoms. The molecule has 2 aliphatic rings. The maximum atomic E-state index is 13.1. The number of rotatable bonds is 5. The Morgan fingerprint density at radius 1 is 1.27 bits per heavy atom. The summed E-state index contributed by atoms with van der Waals surface area (Å²) in [7, 11) is -1.88. The topological polar surface area (TPSA) is 78.5 Å². The molecule has 1 aromatic carbocycles. The van der Waals surface area contributed by atoms with Crippen LogP contribution in [0.2, 0.25) is 0 Å². The molecule has 0 amide bonds. The number of aromatic amines is 1. The van der Waals surface area contributed by atoms with Crippen LogP contribution >= 0.6 is 0 Å². The van der Waals surface area contributed by atoms with E-state index in [1.54, 1.807) is 15.7 Å². The number of nitrogens with one attached hydrogen (secondary N) is 1. The fourth-order valence-electron chi connectivity index (χ4n) is 3.82. The van der Waals surface area contributed by atoms with Crippen molar-refractivity contribution >= 4 is 10.2 Å². The van der Waals surface area contributed by atoms with Crippen LogP contribution in [-0.4, -0.2) is 59.8 Å². The summed E-state index contributed by atoms with van der Waals surface area (Å²) in [6.07, 6.45) is 2.36. The van der Waals surface area contributed by atoms with Crippen molar-refractivity contribution in [3.05, 3.63) is 41.7 Å². The van der Waals surface area contributed by atoms with E-state index in [9.17, 15) is 8.42 Å². The smallest absolute Gasteiger partial charge is 0.282 e. The van der Waals surface area contributed by atoms with Gasteiger partial charge in [-0.2, -0.15) is 17.0 Å². The van der Waals surface area contributed by atoms with Gasteiger partial charge in [0.15, 0.2) is 0 Å². The van der Waals surface area contributed by atoms with Gasteiger partial charge in [0.05, 0.1) is 24.5 Å². The number of H-pyrrole nitrogens is 1. The number of methoxy groups -OCH3 is 1. The molecule has 3 heterocycles. The molecule has 1 fully saturated rings. The fraction of sp³-hybridized carbons (Fsp3) is 0.500. The Hall–Kier alpha value is -1.74. The largest absolute Gasteiger partial charge is 0.383 e. The second-order valence-electron chi connectivity index (χ2n) is 6.83. The van der Waals surface area contributed by atoms with Crippen molar-refractivity contribution < 1.29 is 13.2 Å². The molecule has 0 spiro atoms. The number of aromatic nitrogens is 2. The molecule has 4 rings (SSSR count). The van der Waals surface area contributed by atoms with E-state index >= 15 is 0 Å². The predicted molar refractivity (Wildman–Crippen MR) is 98.7 cm³/mol. The Balaban J connectivity index is 1.55. The van der Waals surface area contributed by atoms with Crippen molar-refractivity contribution in [3.8, 4) is 11.4 Å². The lowest BCUT2D eigenvalue weighted by Gasteiger charge is -2.32. The van der Waals surface area contributed by atoms with Gasteiger partial charge in [-0.1, -0.05) is 30.3 Å². The lowest BCUT2D eigenvalue weighted by molar-refractivity contribution is 0.145. The van der Waals surface area contributed by atoms with Crippen LogP contribution in [-0.2, 0) is 27.9 Å². The summed E-state index contributed by atoms with van der Waals surface area (Å²) in [6, 6.07) is 9.84. The zero-order valence-electron chi connectivity index (χ0n) is 14.9. The molecule has 1 atom stereocenters. The van der Waals surface area contributed by atoms with Gasteiger partial charge in [0.1, 0.15) is 5.82 Å². The number of fused-ring (bicyclic) bond motifs is 1. The summed E-state index contributed by atoms with van der Waals surface area (Å²) in [5.74, 6) is 0.799. The average Bonchev–Trinajstić information content (AvgIpc) is 3.29. The van der Waals surface area contributed by atoms with Gasteiger partial charge in [-0.05, 0) is 12.8 Å². The van der Waals surface area contributed by atoms with E-state index in [2.05, 4.69) is 9.97 Å². The normalized spacial score (nSPS) is 21.8. The Kier molecular flexibility index (Phi) is 4.83. The molecule has 0 unspecified atom stereocenters. The molecule has 2 aliphatic heterocycles. The third-order valence-corrected chi connectivity index (χ3v) is 7.19. The lowest BCUT2D eigenvalue weighted by Crippen LogP contribution is -2.48. The molecule has 0 radical (unpaired) electrons. The van der Waals surface area contributed by atoms with E-state index < -0.39 is 10.2 Å². The van der Waals surface area contributed by atoms with Gasteiger partial charge < -0.3 is 9.72 Å². The van der Waals surface area contributed by atoms with Crippen LogP contribution in [0, 0.1) is 0 Å². The van der Waals surface area contributed by atoms with E-state index in [-0.39, 0.29) is 6.04 Å². The quantitative estimate of drug-likeness (QED) is 0.863. The molecule has 7 nitrogen and oxygen atoms in total. The van der Waals surface area contributed by atoms with E-state index in [0.717, 1.165) is 35.6 Å². The molecular formula is C18H24N4O3S. The van der Waals surface area contributed by atoms with Gasteiger partial charge in [-0.3, -0.25) is 0 Å². The number of benzene rings is 1. The third-order valence-electron chi connectivity index (χ3n) is 5.15. The second kappa shape index (κ2) is 7.11. The van der Waals surface area contributed by atoms with Gasteiger partial charge in [0, 0.05) is 38.2 Å². The van der Waals surface area contributed by atoms with E-state index in [1.165, 1.54) is 0 Å². The minimum Gasteiger partial charge on any atom is -0.383 e. The standard InChI is InChI=1S/C18H24N4O3S/c1-25-13-15-8-5-10-22(15)26(23,24)21-11-9-16-17(12-21)20-18(19-16)14-6-3-2-4-7-14/h2-4,6-7,15H,5,8-13H2,1H3,(H,19,20)/t15-/m0/s1. The van der Waals surface area contributed by atoms with E-state index in [4.69, 9.17) is 4.74 Å². The SMILES string of the molecule is COC[C@@H]1CCCN1S(=O)(=O)N1CCc2nc(-c3ccccc3)[nH]c2C1. The van der Waals surface area contributed by atoms with Crippen LogP contribution in [0.1, 0.15) is 24.2 Å². The average molecular weight is 376 g/mol. The molecular weight excluding hydrogens is 352 g/mol. The molecule has 26 heavy (non-hydrogen) atoms. The van der Waals surface area contributed by atoms with Crippen molar-refractivity contribution in [1.29, 1.82) is 0 Å². The molecule has 140 valence electrons. The second-order valence-corrected chi connectivity index (χ2v) is 8.71. The molecule has 1 aromatic heterocycles. The predicted octanol–water partition coefficient (Wildman–Crippen LogP) is 1.79. The highest BCUT2D eigenvalue weighted by atomic mass is 32.2. The Bertz CT molecular complexity index is 866. The highest BCUT2D eigenvalue weighted by molar-refractivity contribution is 7.86. The molecule has 2 aromatic rings. The molecule has 1 N–H and O–H groups in total. The van der Waals surface area contributed by atoms with Gasteiger partial charge in [-0.15, -0.1) is 0 Å². The minimum atomic E-state index is -3.49. The van der Waals surface area contributed by atoms with Crippen molar-refractivity contribution in [2.24, 2.45) is 0 Å². The van der Waals surface area contributed by atoms with Gasteiger partial charge in [0.25, 0.3) is 10.2 Å². The molecule has 0 aliphatic carbocycles. The zero-order chi connectivity index (χ0) is 18.1. The number of nitrogens with zero attached hydrogens (tertiary/aromatic N) is 3. The highest BCUT2D eigenvalue weighted by Crippen LogP contribution is 2.28. The Morgan fingerprint density at radius 2 is 2.08 bits per heavy atom. The monoisotopic (exact) mass is 376 g/mol. The fourth-order valence-corrected chi connectivity index (χ4v) is 5.63. The maximum absolute atomic E-state index is 13.1. The molecule has 0 saturated carbocycles. The minimum absolute atomic E-state index is 0.0620. The first-order chi connectivity index (χ1) is 12.6. The number of hydrogen-bond acceptors (Lipinski definition) is 4. The maximum Gasteiger partial charge on any atom is 0.282 e. The summed E-state index contributed by atoms with van der Waals surface area (Å²) in [4.78, 5) is 7.99. The number of ether oxygens (including phenoxy) is 1. The lowest BCUT2D eigenvalue weighted by atomic mass is 10.2. The number of imidazole rings is 1. The first-order valence-corrected chi connectivity index (χ1v) is 10.4. The van der Waals surface area contributed by atoms with Crippen molar-refractivity contribution in [2.75, 3.05) is 26.8 Å². The summed E-state index contributed by atoms with van der Waals surface area (Å²) < 4.78 is 34.6. The van der Waals surface area contributed by atoms with Crippen molar-refractivity contribution in [2.45, 2.75) is 31.8 Å².